The summed E-state index contributed by atoms with van der Waals surface area (Å²) in [4.78, 5) is 22.6. The maximum atomic E-state index is 11.9. The third-order valence-corrected chi connectivity index (χ3v) is 7.46. The third kappa shape index (κ3) is 3.93. The first kappa shape index (κ1) is 23.6. The minimum atomic E-state index is -0.0115. The largest absolute Gasteiger partial charge is 0.493 e. The second-order valence-electron chi connectivity index (χ2n) is 9.59. The number of amides is 1. The van der Waals surface area contributed by atoms with Gasteiger partial charge in [-0.3, -0.25) is 4.79 Å². The Bertz CT molecular complexity index is 1620. The predicted molar refractivity (Wildman–Crippen MR) is 146 cm³/mol. The number of carbonyl (C=O) groups excluding carboxylic acids is 1. The smallest absolute Gasteiger partial charge is 0.245 e. The summed E-state index contributed by atoms with van der Waals surface area (Å²) in [6.45, 7) is 5.06. The molecule has 1 aliphatic carbocycles. The topological polar surface area (TPSA) is 95.5 Å². The number of carbonyl (C=O) groups is 1. The van der Waals surface area contributed by atoms with Gasteiger partial charge in [-0.25, -0.2) is 9.97 Å². The fourth-order valence-electron chi connectivity index (χ4n) is 5.43. The number of ether oxygens (including phenoxy) is 2. The number of fused-ring (bicyclic) bond motifs is 2. The Morgan fingerprint density at radius 3 is 2.61 bits per heavy atom. The number of rotatable bonds is 5. The van der Waals surface area contributed by atoms with Crippen LogP contribution in [0.15, 0.2) is 67.5 Å². The number of benzene rings is 2. The quantitative estimate of drug-likeness (QED) is 0.322. The Balaban J connectivity index is 1.39. The van der Waals surface area contributed by atoms with Gasteiger partial charge in [-0.1, -0.05) is 36.8 Å². The van der Waals surface area contributed by atoms with E-state index in [0.29, 0.717) is 34.8 Å². The summed E-state index contributed by atoms with van der Waals surface area (Å²) in [7, 11) is 3.55. The molecule has 0 spiro atoms. The first-order valence-corrected chi connectivity index (χ1v) is 12.4. The normalized spacial score (nSPS) is 19.4. The van der Waals surface area contributed by atoms with Gasteiger partial charge in [0.25, 0.3) is 0 Å². The van der Waals surface area contributed by atoms with E-state index in [1.165, 1.54) is 12.4 Å². The summed E-state index contributed by atoms with van der Waals surface area (Å²) < 4.78 is 13.7. The van der Waals surface area contributed by atoms with Crippen LogP contribution < -0.4 is 15.2 Å². The molecule has 3 atom stereocenters. The second kappa shape index (κ2) is 9.27. The molecule has 0 unspecified atom stereocenters. The van der Waals surface area contributed by atoms with Crippen molar-refractivity contribution in [3.8, 4) is 40.2 Å². The van der Waals surface area contributed by atoms with Crippen LogP contribution in [0.4, 0.5) is 5.82 Å². The van der Waals surface area contributed by atoms with Gasteiger partial charge in [-0.15, -0.1) is 0 Å². The fourth-order valence-corrected chi connectivity index (χ4v) is 5.43. The van der Waals surface area contributed by atoms with Crippen LogP contribution in [0, 0.1) is 29.6 Å². The number of nitrogens with zero attached hydrogens (tertiary/aromatic N) is 4. The van der Waals surface area contributed by atoms with Crippen LogP contribution in [0.3, 0.4) is 0 Å². The van der Waals surface area contributed by atoms with Crippen molar-refractivity contribution >= 4 is 22.8 Å². The fraction of sp³-hybridized carbons (Fsp3) is 0.233. The van der Waals surface area contributed by atoms with Crippen molar-refractivity contribution in [3.05, 3.63) is 73.2 Å². The van der Waals surface area contributed by atoms with Crippen molar-refractivity contribution in [2.24, 2.45) is 24.8 Å². The number of aryl methyl sites for hydroxylation is 1. The van der Waals surface area contributed by atoms with Crippen LogP contribution >= 0.6 is 0 Å². The van der Waals surface area contributed by atoms with Crippen LogP contribution in [-0.4, -0.2) is 45.5 Å². The van der Waals surface area contributed by atoms with E-state index in [0.717, 1.165) is 41.0 Å². The van der Waals surface area contributed by atoms with E-state index in [-0.39, 0.29) is 11.8 Å². The maximum absolute atomic E-state index is 11.9. The zero-order valence-corrected chi connectivity index (χ0v) is 21.2. The van der Waals surface area contributed by atoms with Crippen LogP contribution in [-0.2, 0) is 11.8 Å². The van der Waals surface area contributed by atoms with Gasteiger partial charge in [0.05, 0.1) is 12.5 Å². The molecule has 8 heteroatoms. The van der Waals surface area contributed by atoms with Gasteiger partial charge >= 0.3 is 0 Å². The lowest BCUT2D eigenvalue weighted by molar-refractivity contribution is -0.125. The molecule has 3 heterocycles. The van der Waals surface area contributed by atoms with E-state index in [1.807, 2.05) is 65.0 Å². The van der Waals surface area contributed by atoms with Gasteiger partial charge < -0.3 is 24.7 Å². The molecule has 2 aromatic carbocycles. The molecule has 6 rings (SSSR count). The highest BCUT2D eigenvalue weighted by Crippen LogP contribution is 2.51. The molecule has 190 valence electrons. The third-order valence-electron chi connectivity index (χ3n) is 7.46. The maximum Gasteiger partial charge on any atom is 0.245 e. The molecular formula is C30H27N5O3. The molecule has 1 aliphatic heterocycles. The lowest BCUT2D eigenvalue weighted by atomic mass is 10.0. The highest BCUT2D eigenvalue weighted by molar-refractivity contribution is 6.03. The molecule has 2 aliphatic rings. The lowest BCUT2D eigenvalue weighted by Crippen LogP contribution is -2.29. The summed E-state index contributed by atoms with van der Waals surface area (Å²) >= 11 is 0. The Labute approximate surface area is 220 Å². The van der Waals surface area contributed by atoms with Gasteiger partial charge in [-0.2, -0.15) is 0 Å². The molecule has 2 aromatic heterocycles. The molecule has 0 radical (unpaired) electrons. The molecule has 4 aromatic rings. The van der Waals surface area contributed by atoms with Crippen molar-refractivity contribution in [2.45, 2.75) is 0 Å². The molecule has 1 amide bonds. The standard InChI is InChI=1S/C30H27N5O3/c1-4-26(36)35-15-21-20(22(21)16-35)11-12-23-27(28-29(31)32-17-33-30(28)34(23)2)18-10-13-24(25(14-18)37-3)38-19-8-6-5-7-9-19/h4-10,13-14,17,20-22H,1,15-16H2,2-3H3,(H2,31,32,33)/t20-,21-,22+. The monoisotopic (exact) mass is 505 g/mol. The molecule has 0 bridgehead atoms. The zero-order valence-electron chi connectivity index (χ0n) is 21.2. The minimum absolute atomic E-state index is 0.0115. The average Bonchev–Trinajstić information content (AvgIpc) is 3.25. The summed E-state index contributed by atoms with van der Waals surface area (Å²) in [6.07, 6.45) is 2.84. The molecular weight excluding hydrogens is 478 g/mol. The summed E-state index contributed by atoms with van der Waals surface area (Å²) in [6, 6.07) is 15.3. The van der Waals surface area contributed by atoms with Crippen molar-refractivity contribution in [1.29, 1.82) is 0 Å². The van der Waals surface area contributed by atoms with Gasteiger partial charge in [0, 0.05) is 31.6 Å². The Morgan fingerprint density at radius 2 is 1.89 bits per heavy atom. The molecule has 1 saturated heterocycles. The van der Waals surface area contributed by atoms with Crippen molar-refractivity contribution in [3.63, 3.8) is 0 Å². The number of likely N-dealkylation sites (tertiary alicyclic amines) is 1. The van der Waals surface area contributed by atoms with E-state index in [9.17, 15) is 4.79 Å². The number of nitrogens with two attached hydrogens (primary N) is 1. The highest BCUT2D eigenvalue weighted by atomic mass is 16.5. The molecule has 1 saturated carbocycles. The lowest BCUT2D eigenvalue weighted by Gasteiger charge is -2.16. The number of hydrogen-bond donors (Lipinski definition) is 1. The number of piperidine rings is 1. The first-order chi connectivity index (χ1) is 18.5. The summed E-state index contributed by atoms with van der Waals surface area (Å²) in [5.74, 6) is 10.3. The highest BCUT2D eigenvalue weighted by Gasteiger charge is 2.55. The number of methoxy groups -OCH3 is 1. The molecule has 38 heavy (non-hydrogen) atoms. The van der Waals surface area contributed by atoms with E-state index >= 15 is 0 Å². The zero-order chi connectivity index (χ0) is 26.4. The van der Waals surface area contributed by atoms with Crippen molar-refractivity contribution < 1.29 is 14.3 Å². The number of para-hydroxylation sites is 1. The molecule has 8 nitrogen and oxygen atoms in total. The van der Waals surface area contributed by atoms with E-state index in [2.05, 4.69) is 28.4 Å². The van der Waals surface area contributed by atoms with Crippen LogP contribution in [0.2, 0.25) is 0 Å². The number of nitrogen functional groups attached to an aromatic ring is 1. The van der Waals surface area contributed by atoms with Gasteiger partial charge in [0.15, 0.2) is 11.5 Å². The first-order valence-electron chi connectivity index (χ1n) is 12.4. The van der Waals surface area contributed by atoms with Gasteiger partial charge in [-0.05, 0) is 53.7 Å². The second-order valence-corrected chi connectivity index (χ2v) is 9.59. The molecule has 2 N–H and O–H groups in total. The molecule has 2 fully saturated rings. The predicted octanol–water partition coefficient (Wildman–Crippen LogP) is 4.26. The van der Waals surface area contributed by atoms with Crippen LogP contribution in [0.1, 0.15) is 5.69 Å². The SMILES string of the molecule is C=CC(=O)N1C[C@@H]2[C@@H](C#Cc3c(-c4ccc(Oc5ccccc5)c(OC)c4)c4c(N)ncnc4n3C)[C@@H]2C1. The number of hydrogen-bond acceptors (Lipinski definition) is 6. The average molecular weight is 506 g/mol. The van der Waals surface area contributed by atoms with Crippen molar-refractivity contribution in [2.75, 3.05) is 25.9 Å². The summed E-state index contributed by atoms with van der Waals surface area (Å²) in [5, 5.41) is 0.747. The Hall–Kier alpha value is -4.77. The Kier molecular flexibility index (Phi) is 5.76. The summed E-state index contributed by atoms with van der Waals surface area (Å²) in [5.41, 5.74) is 9.60. The van der Waals surface area contributed by atoms with Crippen molar-refractivity contribution in [1.82, 2.24) is 19.4 Å². The van der Waals surface area contributed by atoms with E-state index in [1.54, 1.807) is 7.11 Å². The number of aromatic nitrogens is 3. The van der Waals surface area contributed by atoms with Gasteiger partial charge in [0.1, 0.15) is 29.2 Å². The minimum Gasteiger partial charge on any atom is -0.493 e. The van der Waals surface area contributed by atoms with Crippen LogP contribution in [0.25, 0.3) is 22.2 Å². The number of anilines is 1. The van der Waals surface area contributed by atoms with E-state index in [4.69, 9.17) is 15.2 Å². The van der Waals surface area contributed by atoms with E-state index < -0.39 is 0 Å². The van der Waals surface area contributed by atoms with Crippen LogP contribution in [0.5, 0.6) is 17.2 Å². The van der Waals surface area contributed by atoms with Gasteiger partial charge in [0.2, 0.25) is 5.91 Å². The Morgan fingerprint density at radius 1 is 1.13 bits per heavy atom.